The molecule has 0 aromatic carbocycles. The Bertz CT molecular complexity index is 2820. The Kier molecular flexibility index (Phi) is 19.5. The highest BCUT2D eigenvalue weighted by Crippen LogP contribution is 2.28. The van der Waals surface area contributed by atoms with E-state index in [1.54, 1.807) is 18.7 Å². The summed E-state index contributed by atoms with van der Waals surface area (Å²) in [5, 5.41) is 48.2. The molecule has 0 saturated carbocycles. The van der Waals surface area contributed by atoms with E-state index in [4.69, 9.17) is 9.47 Å². The van der Waals surface area contributed by atoms with Gasteiger partial charge in [0.05, 0.1) is 12.2 Å². The maximum atomic E-state index is 13.4. The minimum atomic E-state index is -0.923. The minimum absolute atomic E-state index is 0.0897. The molecule has 1 aliphatic rings. The van der Waals surface area contributed by atoms with Crippen molar-refractivity contribution in [3.63, 3.8) is 0 Å². The topological polar surface area (TPSA) is 235 Å². The Morgan fingerprint density at radius 1 is 0.597 bits per heavy atom. The Labute approximate surface area is 424 Å². The van der Waals surface area contributed by atoms with Crippen LogP contribution in [0.3, 0.4) is 0 Å². The third-order valence-corrected chi connectivity index (χ3v) is 13.3. The molecule has 0 saturated heterocycles. The molecule has 396 valence electrons. The summed E-state index contributed by atoms with van der Waals surface area (Å²) in [6.45, 7) is 24.6. The average Bonchev–Trinajstić information content (AvgIpc) is 3.92. The number of hydrogen-bond donors (Lipinski definition) is 8. The predicted octanol–water partition coefficient (Wildman–Crippen LogP) is 7.36. The number of carboxylic acids is 2. The van der Waals surface area contributed by atoms with Crippen molar-refractivity contribution in [1.82, 2.24) is 29.7 Å². The minimum Gasteiger partial charge on any atom is -0.481 e. The number of nitrogens with one attached hydrogen (secondary N) is 4. The van der Waals surface area contributed by atoms with E-state index in [-0.39, 0.29) is 31.8 Å². The molecule has 5 rings (SSSR count). The van der Waals surface area contributed by atoms with Crippen LogP contribution in [-0.2, 0) is 38.4 Å². The molecule has 0 radical (unpaired) electrons. The fraction of sp³-hybridized carbons (Fsp3) is 0.571. The Morgan fingerprint density at radius 3 is 1.71 bits per heavy atom. The second-order valence-electron chi connectivity index (χ2n) is 21.5. The van der Waals surface area contributed by atoms with E-state index in [0.717, 1.165) is 123 Å². The number of carbonyl (C=O) groups is 4. The predicted molar refractivity (Wildman–Crippen MR) is 281 cm³/mol. The number of nitrogens with zero attached hydrogens (tertiary/aromatic N) is 2. The number of aromatic nitrogens is 4. The molecular weight excluding hydrogens is 917 g/mol. The summed E-state index contributed by atoms with van der Waals surface area (Å²) in [7, 11) is 0. The van der Waals surface area contributed by atoms with Gasteiger partial charge in [-0.3, -0.25) is 9.59 Å². The van der Waals surface area contributed by atoms with Crippen LogP contribution in [0.25, 0.3) is 24.3 Å². The lowest BCUT2D eigenvalue weighted by molar-refractivity contribution is -0.138. The molecule has 8 N–H and O–H groups in total. The van der Waals surface area contributed by atoms with E-state index in [1.807, 2.05) is 93.5 Å². The first-order chi connectivity index (χ1) is 33.8. The molecule has 72 heavy (non-hydrogen) atoms. The fourth-order valence-corrected chi connectivity index (χ4v) is 9.78. The number of aromatic amines is 3. The number of aliphatic carboxylic acids is 2. The van der Waals surface area contributed by atoms with E-state index in [0.29, 0.717) is 42.8 Å². The van der Waals surface area contributed by atoms with Crippen molar-refractivity contribution in [3.05, 3.63) is 88.7 Å². The van der Waals surface area contributed by atoms with Crippen molar-refractivity contribution >= 4 is 48.4 Å². The highest BCUT2D eigenvalue weighted by Gasteiger charge is 2.24. The number of amides is 2. The number of alkyl carbamates (subject to hydrolysis) is 1. The summed E-state index contributed by atoms with van der Waals surface area (Å²) in [5.41, 5.74) is 8.42. The number of carbonyl (C=O) groups excluding carboxylic acids is 2. The molecule has 16 nitrogen and oxygen atoms in total. The molecule has 1 aliphatic heterocycles. The molecule has 0 fully saturated rings. The van der Waals surface area contributed by atoms with Crippen LogP contribution in [-0.4, -0.2) is 99.8 Å². The number of hydrogen-bond acceptors (Lipinski definition) is 8. The molecule has 0 aliphatic carbocycles. The number of H-pyrrole nitrogens is 3. The molecule has 16 heteroatoms. The maximum Gasteiger partial charge on any atom is 0.410 e. The monoisotopic (exact) mass is 999 g/mol. The van der Waals surface area contributed by atoms with Crippen molar-refractivity contribution in [2.45, 2.75) is 190 Å². The van der Waals surface area contributed by atoms with Crippen LogP contribution in [0.15, 0.2) is 0 Å². The van der Waals surface area contributed by atoms with Gasteiger partial charge in [0.2, 0.25) is 0 Å². The van der Waals surface area contributed by atoms with Crippen LogP contribution >= 0.6 is 0 Å². The zero-order valence-electron chi connectivity index (χ0n) is 44.9. The van der Waals surface area contributed by atoms with Gasteiger partial charge in [-0.2, -0.15) is 0 Å². The summed E-state index contributed by atoms with van der Waals surface area (Å²) in [6, 6.07) is 0. The van der Waals surface area contributed by atoms with Crippen LogP contribution in [0.4, 0.5) is 9.59 Å². The third-order valence-electron chi connectivity index (χ3n) is 13.3. The van der Waals surface area contributed by atoms with Crippen molar-refractivity contribution < 1.29 is 49.1 Å². The van der Waals surface area contributed by atoms with Gasteiger partial charge in [-0.25, -0.2) is 9.59 Å². The van der Waals surface area contributed by atoms with Gasteiger partial charge >= 0.3 is 24.1 Å². The lowest BCUT2D eigenvalue weighted by atomic mass is 10.0. The number of carboxylic acid groups (broad SMARTS) is 2. The van der Waals surface area contributed by atoms with Gasteiger partial charge in [0.1, 0.15) is 11.2 Å². The number of aliphatic hydroxyl groups excluding tert-OH is 2. The molecule has 2 unspecified atom stereocenters. The summed E-state index contributed by atoms with van der Waals surface area (Å²) in [6.07, 6.45) is 12.5. The van der Waals surface area contributed by atoms with Gasteiger partial charge in [-0.1, -0.05) is 25.7 Å². The fourth-order valence-electron chi connectivity index (χ4n) is 9.78. The molecular formula is C56H82N6O10. The van der Waals surface area contributed by atoms with Gasteiger partial charge in [-0.05, 0) is 179 Å². The van der Waals surface area contributed by atoms with Crippen LogP contribution in [0.5, 0.6) is 0 Å². The van der Waals surface area contributed by atoms with E-state index >= 15 is 0 Å². The van der Waals surface area contributed by atoms with Crippen LogP contribution < -0.4 is 26.7 Å². The van der Waals surface area contributed by atoms with Gasteiger partial charge in [0, 0.05) is 94.3 Å². The first-order valence-electron chi connectivity index (χ1n) is 25.8. The molecule has 2 atom stereocenters. The average molecular weight is 999 g/mol. The molecule has 0 spiro atoms. The summed E-state index contributed by atoms with van der Waals surface area (Å²) < 4.78 is 13.4. The molecule has 2 amide bonds. The first kappa shape index (κ1) is 56.9. The zero-order chi connectivity index (χ0) is 53.2. The van der Waals surface area contributed by atoms with Gasteiger partial charge in [0.15, 0.2) is 0 Å². The normalized spacial score (nSPS) is 13.3. The number of unbranched alkanes of at least 4 members (excludes halogenated alkanes) is 6. The molecule has 4 aromatic heterocycles. The van der Waals surface area contributed by atoms with Crippen molar-refractivity contribution in [1.29, 1.82) is 0 Å². The largest absolute Gasteiger partial charge is 0.481 e. The smallest absolute Gasteiger partial charge is 0.410 e. The van der Waals surface area contributed by atoms with E-state index in [2.05, 4.69) is 24.8 Å². The summed E-state index contributed by atoms with van der Waals surface area (Å²) in [4.78, 5) is 62.2. The summed E-state index contributed by atoms with van der Waals surface area (Å²) >= 11 is 0. The summed E-state index contributed by atoms with van der Waals surface area (Å²) in [5.74, 6) is -1.84. The van der Waals surface area contributed by atoms with Crippen LogP contribution in [0.1, 0.15) is 199 Å². The lowest BCUT2D eigenvalue weighted by Crippen LogP contribution is -2.38. The van der Waals surface area contributed by atoms with Gasteiger partial charge < -0.3 is 59.6 Å². The third kappa shape index (κ3) is 15.3. The highest BCUT2D eigenvalue weighted by molar-refractivity contribution is 5.71. The molecule has 4 aromatic rings. The number of rotatable bonds is 22. The van der Waals surface area contributed by atoms with Gasteiger partial charge in [-0.15, -0.1) is 0 Å². The Hall–Kier alpha value is -6.00. The molecule has 5 heterocycles. The second-order valence-corrected chi connectivity index (χ2v) is 21.5. The Morgan fingerprint density at radius 2 is 1.12 bits per heavy atom. The van der Waals surface area contributed by atoms with Crippen molar-refractivity contribution in [2.24, 2.45) is 0 Å². The van der Waals surface area contributed by atoms with Crippen LogP contribution in [0.2, 0.25) is 0 Å². The van der Waals surface area contributed by atoms with Crippen LogP contribution in [0, 0.1) is 27.7 Å². The first-order valence-corrected chi connectivity index (χ1v) is 25.8. The van der Waals surface area contributed by atoms with E-state index in [1.165, 1.54) is 0 Å². The second kappa shape index (κ2) is 24.6. The number of fused-ring (bicyclic) bond motifs is 8. The molecule has 8 bridgehead atoms. The maximum absolute atomic E-state index is 13.4. The van der Waals surface area contributed by atoms with E-state index in [9.17, 15) is 39.6 Å². The standard InChI is InChI=1S/C56H82N6O10/c1-33-39(21-23-49(65)66)44-31-48-40(22-24-50(67)68)34(2)47(32-46-52(38(6)64)36(4)43(60-46)30-45-51(37(5)63)35(3)42(59-45)29-41(33)58-44)62(48)28-20-16-15-19-27-61(54(70)72-56(10,11)12)26-18-14-13-17-25-57-53(69)71-55(7,8)9/h29-32,37-38,58-60,63-64H,13-28H2,1-12H3,(H,57,69)(H,65,66)(H,67,68). The highest BCUT2D eigenvalue weighted by atomic mass is 16.6. The van der Waals surface area contributed by atoms with Gasteiger partial charge in [0.25, 0.3) is 0 Å². The number of ether oxygens (including phenoxy) is 2. The SMILES string of the molecule is Cc1c2[nH]c(c1CCC(=O)O)C=c1c(CCC(=O)O)c(C)c(n1CCCCCCN(CCCCCCNC(=O)OC(C)(C)C)C(=O)OC(C)(C)C)=Cc1[nH]c(c(C)c1C(C)O)C=c1[nH]c(c(C)c1C(C)O)=C2. The lowest BCUT2D eigenvalue weighted by Gasteiger charge is -2.27. The zero-order valence-corrected chi connectivity index (χ0v) is 44.9. The Balaban J connectivity index is 1.52. The van der Waals surface area contributed by atoms with Crippen molar-refractivity contribution in [2.75, 3.05) is 19.6 Å². The number of aliphatic hydroxyl groups is 2. The van der Waals surface area contributed by atoms with E-state index < -0.39 is 41.4 Å². The van der Waals surface area contributed by atoms with Crippen molar-refractivity contribution in [3.8, 4) is 0 Å². The quantitative estimate of drug-likeness (QED) is 0.0321.